The van der Waals surface area contributed by atoms with Crippen molar-refractivity contribution in [2.75, 3.05) is 25.5 Å². The van der Waals surface area contributed by atoms with Crippen LogP contribution in [0.15, 0.2) is 53.4 Å². The molecule has 168 valence electrons. The van der Waals surface area contributed by atoms with Crippen molar-refractivity contribution >= 4 is 27.6 Å². The van der Waals surface area contributed by atoms with E-state index in [-0.39, 0.29) is 17.0 Å². The Balaban J connectivity index is 2.29. The molecule has 2 rings (SSSR count). The highest BCUT2D eigenvalue weighted by molar-refractivity contribution is 7.89. The first-order valence-electron chi connectivity index (χ1n) is 9.81. The number of amides is 3. The van der Waals surface area contributed by atoms with Crippen molar-refractivity contribution in [1.29, 1.82) is 0 Å². The van der Waals surface area contributed by atoms with Gasteiger partial charge in [-0.2, -0.15) is 4.31 Å². The molecule has 3 amide bonds. The van der Waals surface area contributed by atoms with E-state index in [2.05, 4.69) is 10.6 Å². The Morgan fingerprint density at radius 1 is 1.10 bits per heavy atom. The maximum absolute atomic E-state index is 12.8. The van der Waals surface area contributed by atoms with Crippen molar-refractivity contribution in [3.05, 3.63) is 54.1 Å². The van der Waals surface area contributed by atoms with Gasteiger partial charge in [-0.1, -0.05) is 44.2 Å². The fourth-order valence-corrected chi connectivity index (χ4v) is 4.64. The Bertz CT molecular complexity index is 1010. The van der Waals surface area contributed by atoms with Crippen LogP contribution in [0.5, 0.6) is 5.75 Å². The lowest BCUT2D eigenvalue weighted by Crippen LogP contribution is -2.35. The third-order valence-electron chi connectivity index (χ3n) is 4.70. The summed E-state index contributed by atoms with van der Waals surface area (Å²) in [4.78, 5) is 24.2. The highest BCUT2D eigenvalue weighted by Gasteiger charge is 2.24. The fourth-order valence-electron chi connectivity index (χ4n) is 3.15. The number of methoxy groups -OCH3 is 1. The van der Waals surface area contributed by atoms with Gasteiger partial charge in [0, 0.05) is 13.1 Å². The summed E-state index contributed by atoms with van der Waals surface area (Å²) in [7, 11) is -2.29. The molecule has 4 N–H and O–H groups in total. The van der Waals surface area contributed by atoms with Crippen molar-refractivity contribution in [3.63, 3.8) is 0 Å². The van der Waals surface area contributed by atoms with Gasteiger partial charge in [0.05, 0.1) is 30.2 Å². The summed E-state index contributed by atoms with van der Waals surface area (Å²) in [5.41, 5.74) is 6.18. The molecule has 0 fully saturated rings. The lowest BCUT2D eigenvalue weighted by molar-refractivity contribution is -0.116. The van der Waals surface area contributed by atoms with E-state index in [0.717, 1.165) is 0 Å². The zero-order chi connectivity index (χ0) is 23.0. The highest BCUT2D eigenvalue weighted by atomic mass is 32.2. The fraction of sp³-hybridized carbons (Fsp3) is 0.333. The second-order valence-corrected chi connectivity index (χ2v) is 8.61. The van der Waals surface area contributed by atoms with Gasteiger partial charge in [-0.15, -0.1) is 0 Å². The molecule has 0 radical (unpaired) electrons. The van der Waals surface area contributed by atoms with Crippen molar-refractivity contribution in [3.8, 4) is 5.75 Å². The normalized spacial score (nSPS) is 12.3. The van der Waals surface area contributed by atoms with E-state index < -0.39 is 28.0 Å². The van der Waals surface area contributed by atoms with Crippen LogP contribution in [-0.2, 0) is 14.8 Å². The number of nitrogens with two attached hydrogens (primary N) is 1. The van der Waals surface area contributed by atoms with E-state index in [4.69, 9.17) is 10.5 Å². The number of urea groups is 1. The molecule has 1 unspecified atom stereocenters. The number of hydrogen-bond donors (Lipinski definition) is 3. The predicted molar refractivity (Wildman–Crippen MR) is 118 cm³/mol. The second kappa shape index (κ2) is 10.8. The maximum Gasteiger partial charge on any atom is 0.312 e. The number of nitrogens with one attached hydrogen (secondary N) is 2. The number of ether oxygens (including phenoxy) is 1. The Morgan fingerprint density at radius 3 is 2.29 bits per heavy atom. The van der Waals surface area contributed by atoms with Gasteiger partial charge < -0.3 is 21.1 Å². The topological polar surface area (TPSA) is 131 Å². The second-order valence-electron chi connectivity index (χ2n) is 6.68. The van der Waals surface area contributed by atoms with Gasteiger partial charge in [-0.25, -0.2) is 13.2 Å². The molecule has 9 nitrogen and oxygen atoms in total. The largest absolute Gasteiger partial charge is 0.495 e. The molecule has 31 heavy (non-hydrogen) atoms. The number of sulfonamides is 1. The van der Waals surface area contributed by atoms with E-state index in [1.807, 2.05) is 6.07 Å². The number of nitrogens with zero attached hydrogens (tertiary/aromatic N) is 1. The summed E-state index contributed by atoms with van der Waals surface area (Å²) in [6.45, 7) is 4.15. The van der Waals surface area contributed by atoms with Crippen LogP contribution < -0.4 is 21.1 Å². The Kier molecular flexibility index (Phi) is 8.40. The molecule has 0 spiro atoms. The Morgan fingerprint density at radius 2 is 1.74 bits per heavy atom. The predicted octanol–water partition coefficient (Wildman–Crippen LogP) is 2.46. The summed E-state index contributed by atoms with van der Waals surface area (Å²) < 4.78 is 32.2. The Hall–Kier alpha value is -3.11. The molecule has 0 aliphatic rings. The van der Waals surface area contributed by atoms with E-state index in [0.29, 0.717) is 24.4 Å². The van der Waals surface area contributed by atoms with Crippen LogP contribution in [0.25, 0.3) is 0 Å². The van der Waals surface area contributed by atoms with Crippen LogP contribution >= 0.6 is 0 Å². The first-order valence-corrected chi connectivity index (χ1v) is 11.3. The van der Waals surface area contributed by atoms with Crippen LogP contribution in [0.1, 0.15) is 31.9 Å². The third kappa shape index (κ3) is 6.19. The minimum absolute atomic E-state index is 0.0437. The molecule has 10 heteroatoms. The van der Waals surface area contributed by atoms with E-state index in [9.17, 15) is 18.0 Å². The average Bonchev–Trinajstić information content (AvgIpc) is 2.74. The van der Waals surface area contributed by atoms with Crippen molar-refractivity contribution < 1.29 is 22.7 Å². The number of anilines is 1. The highest BCUT2D eigenvalue weighted by Crippen LogP contribution is 2.29. The minimum atomic E-state index is -3.71. The van der Waals surface area contributed by atoms with Crippen molar-refractivity contribution in [2.24, 2.45) is 5.73 Å². The van der Waals surface area contributed by atoms with E-state index in [1.165, 1.54) is 29.6 Å². The molecule has 2 aromatic rings. The first-order chi connectivity index (χ1) is 14.7. The number of primary amides is 1. The zero-order valence-electron chi connectivity index (χ0n) is 17.8. The molecule has 0 heterocycles. The molecule has 2 aromatic carbocycles. The number of carbonyl (C=O) groups is 2. The van der Waals surface area contributed by atoms with Gasteiger partial charge in [-0.05, 0) is 23.8 Å². The van der Waals surface area contributed by atoms with Gasteiger partial charge in [-0.3, -0.25) is 4.79 Å². The Labute approximate surface area is 182 Å². The third-order valence-corrected chi connectivity index (χ3v) is 6.74. The lowest BCUT2D eigenvalue weighted by atomic mass is 10.0. The van der Waals surface area contributed by atoms with E-state index in [1.54, 1.807) is 38.1 Å². The molecular weight excluding hydrogens is 420 g/mol. The van der Waals surface area contributed by atoms with Crippen LogP contribution in [0.3, 0.4) is 0 Å². The van der Waals surface area contributed by atoms with Gasteiger partial charge in [0.2, 0.25) is 15.9 Å². The summed E-state index contributed by atoms with van der Waals surface area (Å²) >= 11 is 0. The average molecular weight is 449 g/mol. The number of rotatable bonds is 10. The SMILES string of the molecule is CCN(CC)S(=O)(=O)c1ccc(OC)c(NC(=O)CC(NC(N)=O)c2ccccc2)c1. The standard InChI is InChI=1S/C21H28N4O5S/c1-4-25(5-2)31(28,29)16-11-12-19(30-3)18(13-16)23-20(26)14-17(24-21(22)27)15-9-7-6-8-10-15/h6-13,17H,4-5,14H2,1-3H3,(H,23,26)(H3,22,24,27). The molecule has 0 saturated carbocycles. The quantitative estimate of drug-likeness (QED) is 0.514. The first kappa shape index (κ1) is 24.2. The molecule has 0 aliphatic heterocycles. The van der Waals surface area contributed by atoms with Gasteiger partial charge in [0.15, 0.2) is 0 Å². The maximum atomic E-state index is 12.8. The summed E-state index contributed by atoms with van der Waals surface area (Å²) in [5, 5.41) is 5.23. The monoisotopic (exact) mass is 448 g/mol. The van der Waals surface area contributed by atoms with Crippen molar-refractivity contribution in [2.45, 2.75) is 31.2 Å². The smallest absolute Gasteiger partial charge is 0.312 e. The molecular formula is C21H28N4O5S. The van der Waals surface area contributed by atoms with Crippen molar-refractivity contribution in [1.82, 2.24) is 9.62 Å². The summed E-state index contributed by atoms with van der Waals surface area (Å²) in [5.74, 6) is -0.135. The van der Waals surface area contributed by atoms with Gasteiger partial charge in [0.1, 0.15) is 5.75 Å². The van der Waals surface area contributed by atoms with Crippen LogP contribution in [0.2, 0.25) is 0 Å². The summed E-state index contributed by atoms with van der Waals surface area (Å²) in [6.07, 6.45) is -0.108. The van der Waals surface area contributed by atoms with E-state index >= 15 is 0 Å². The van der Waals surface area contributed by atoms with Crippen LogP contribution in [0.4, 0.5) is 10.5 Å². The molecule has 1 atom stereocenters. The molecule has 0 aromatic heterocycles. The number of hydrogen-bond acceptors (Lipinski definition) is 5. The minimum Gasteiger partial charge on any atom is -0.495 e. The molecule has 0 aliphatic carbocycles. The number of carbonyl (C=O) groups excluding carboxylic acids is 2. The van der Waals surface area contributed by atoms with Crippen LogP contribution in [-0.4, -0.2) is 44.9 Å². The lowest BCUT2D eigenvalue weighted by Gasteiger charge is -2.20. The molecule has 0 saturated heterocycles. The number of benzene rings is 2. The van der Waals surface area contributed by atoms with Gasteiger partial charge >= 0.3 is 6.03 Å². The van der Waals surface area contributed by atoms with Gasteiger partial charge in [0.25, 0.3) is 0 Å². The summed E-state index contributed by atoms with van der Waals surface area (Å²) in [6, 6.07) is 11.8. The zero-order valence-corrected chi connectivity index (χ0v) is 18.6. The molecule has 0 bridgehead atoms. The van der Waals surface area contributed by atoms with Crippen LogP contribution in [0, 0.1) is 0 Å².